The van der Waals surface area contributed by atoms with Gasteiger partial charge in [-0.05, 0) is 25.8 Å². The smallest absolute Gasteiger partial charge is 0.226 e. The molecule has 1 amide bonds. The molecule has 0 aromatic heterocycles. The zero-order valence-corrected chi connectivity index (χ0v) is 12.2. The summed E-state index contributed by atoms with van der Waals surface area (Å²) in [7, 11) is -1.18. The minimum Gasteiger partial charge on any atom is -0.341 e. The molecule has 0 bridgehead atoms. The van der Waals surface area contributed by atoms with Gasteiger partial charge in [0.05, 0.1) is 17.4 Å². The average Bonchev–Trinajstić information content (AvgIpc) is 2.69. The lowest BCUT2D eigenvalue weighted by Crippen LogP contribution is -2.45. The molecule has 1 unspecified atom stereocenters. The minimum absolute atomic E-state index is 0. The number of nitrogens with one attached hydrogen (secondary N) is 1. The van der Waals surface area contributed by atoms with Crippen LogP contribution in [-0.4, -0.2) is 56.9 Å². The molecule has 1 N–H and O–H groups in total. The second kappa shape index (κ2) is 6.21. The largest absolute Gasteiger partial charge is 0.341 e. The molecule has 2 rings (SSSR count). The Hall–Kier alpha value is -0.330. The Morgan fingerprint density at radius 1 is 1.33 bits per heavy atom. The van der Waals surface area contributed by atoms with Gasteiger partial charge >= 0.3 is 0 Å². The molecule has 2 heterocycles. The number of amides is 1. The number of piperidine rings is 1. The van der Waals surface area contributed by atoms with Gasteiger partial charge in [0.2, 0.25) is 5.91 Å². The van der Waals surface area contributed by atoms with Crippen molar-refractivity contribution in [1.82, 2.24) is 10.2 Å². The molecule has 2 atom stereocenters. The molecule has 2 fully saturated rings. The number of carbonyl (C=O) groups is 1. The van der Waals surface area contributed by atoms with E-state index in [9.17, 15) is 13.2 Å². The number of carbonyl (C=O) groups excluding carboxylic acids is 1. The van der Waals surface area contributed by atoms with Crippen LogP contribution in [0, 0.1) is 5.92 Å². The number of sulfone groups is 1. The summed E-state index contributed by atoms with van der Waals surface area (Å²) in [5.74, 6) is 0.476. The summed E-state index contributed by atoms with van der Waals surface area (Å²) in [6.07, 6.45) is 2.52. The first-order chi connectivity index (χ1) is 7.99. The van der Waals surface area contributed by atoms with E-state index >= 15 is 0 Å². The van der Waals surface area contributed by atoms with Gasteiger partial charge in [0.25, 0.3) is 0 Å². The summed E-state index contributed by atoms with van der Waals surface area (Å²) in [6, 6.07) is -0.116. The lowest BCUT2D eigenvalue weighted by molar-refractivity contribution is -0.136. The van der Waals surface area contributed by atoms with Crippen LogP contribution in [0.2, 0.25) is 0 Å². The van der Waals surface area contributed by atoms with Gasteiger partial charge in [0, 0.05) is 19.6 Å². The van der Waals surface area contributed by atoms with E-state index in [1.165, 1.54) is 0 Å². The van der Waals surface area contributed by atoms with Crippen molar-refractivity contribution < 1.29 is 13.2 Å². The molecule has 0 aromatic rings. The highest BCUT2D eigenvalue weighted by atomic mass is 35.5. The summed E-state index contributed by atoms with van der Waals surface area (Å²) in [5.41, 5.74) is 0. The maximum atomic E-state index is 12.2. The van der Waals surface area contributed by atoms with Crippen molar-refractivity contribution in [3.05, 3.63) is 0 Å². The summed E-state index contributed by atoms with van der Waals surface area (Å²) < 4.78 is 22.8. The molecular formula is C11H21ClN2O3S. The van der Waals surface area contributed by atoms with E-state index in [1.54, 1.807) is 11.9 Å². The second-order valence-electron chi connectivity index (χ2n) is 5.05. The van der Waals surface area contributed by atoms with Crippen LogP contribution < -0.4 is 5.32 Å². The Morgan fingerprint density at radius 3 is 2.56 bits per heavy atom. The molecule has 0 spiro atoms. The number of nitrogens with zero attached hydrogens (tertiary/aromatic N) is 1. The highest BCUT2D eigenvalue weighted by Gasteiger charge is 2.35. The standard InChI is InChI=1S/C11H20N2O3S.ClH/c1-13(10-4-6-17(15,16)8-10)11(14)9-3-2-5-12-7-9;/h9-10,12H,2-8H2,1H3;1H/t9-,10?;/m1./s1. The normalized spacial score (nSPS) is 30.5. The van der Waals surface area contributed by atoms with Crippen molar-refractivity contribution in [2.24, 2.45) is 5.92 Å². The lowest BCUT2D eigenvalue weighted by Gasteiger charge is -2.30. The number of halogens is 1. The predicted molar refractivity (Wildman–Crippen MR) is 72.7 cm³/mol. The van der Waals surface area contributed by atoms with Crippen molar-refractivity contribution in [2.75, 3.05) is 31.6 Å². The van der Waals surface area contributed by atoms with Gasteiger partial charge in [0.1, 0.15) is 0 Å². The van der Waals surface area contributed by atoms with E-state index in [1.807, 2.05) is 0 Å². The highest BCUT2D eigenvalue weighted by Crippen LogP contribution is 2.20. The van der Waals surface area contributed by atoms with Gasteiger partial charge in [0.15, 0.2) is 9.84 Å². The molecule has 0 radical (unpaired) electrons. The summed E-state index contributed by atoms with van der Waals surface area (Å²) in [6.45, 7) is 1.70. The number of rotatable bonds is 2. The molecule has 2 saturated heterocycles. The molecule has 5 nitrogen and oxygen atoms in total. The third kappa shape index (κ3) is 3.59. The Balaban J connectivity index is 0.00000162. The van der Waals surface area contributed by atoms with Gasteiger partial charge in [-0.3, -0.25) is 4.79 Å². The van der Waals surface area contributed by atoms with Gasteiger partial charge in [-0.2, -0.15) is 0 Å². The van der Waals surface area contributed by atoms with Crippen LogP contribution in [0.25, 0.3) is 0 Å². The van der Waals surface area contributed by atoms with E-state index in [-0.39, 0.29) is 41.8 Å². The van der Waals surface area contributed by atoms with Gasteiger partial charge in [-0.15, -0.1) is 12.4 Å². The summed E-state index contributed by atoms with van der Waals surface area (Å²) >= 11 is 0. The lowest BCUT2D eigenvalue weighted by atomic mass is 9.97. The molecule has 2 aliphatic rings. The quantitative estimate of drug-likeness (QED) is 0.782. The third-order valence-electron chi connectivity index (χ3n) is 3.75. The highest BCUT2D eigenvalue weighted by molar-refractivity contribution is 7.91. The first-order valence-corrected chi connectivity index (χ1v) is 7.99. The molecule has 0 aromatic carbocycles. The van der Waals surface area contributed by atoms with Crippen LogP contribution in [0.3, 0.4) is 0 Å². The van der Waals surface area contributed by atoms with E-state index < -0.39 is 9.84 Å². The van der Waals surface area contributed by atoms with Crippen molar-refractivity contribution >= 4 is 28.2 Å². The summed E-state index contributed by atoms with van der Waals surface area (Å²) in [5, 5.41) is 3.21. The van der Waals surface area contributed by atoms with Gasteiger partial charge in [-0.1, -0.05) is 0 Å². The molecule has 106 valence electrons. The molecule has 18 heavy (non-hydrogen) atoms. The molecule has 7 heteroatoms. The van der Waals surface area contributed by atoms with Crippen LogP contribution in [0.4, 0.5) is 0 Å². The zero-order valence-electron chi connectivity index (χ0n) is 10.6. The fourth-order valence-corrected chi connectivity index (χ4v) is 4.39. The Labute approximate surface area is 115 Å². The Kier molecular flexibility index (Phi) is 5.43. The van der Waals surface area contributed by atoms with E-state index in [0.29, 0.717) is 6.42 Å². The van der Waals surface area contributed by atoms with Crippen LogP contribution in [0.1, 0.15) is 19.3 Å². The fraction of sp³-hybridized carbons (Fsp3) is 0.909. The first kappa shape index (κ1) is 15.7. The predicted octanol–water partition coefficient (Wildman–Crippen LogP) is 0.0533. The maximum Gasteiger partial charge on any atom is 0.226 e. The van der Waals surface area contributed by atoms with Crippen LogP contribution >= 0.6 is 12.4 Å². The minimum atomic E-state index is -2.91. The van der Waals surface area contributed by atoms with Gasteiger partial charge < -0.3 is 10.2 Å². The van der Waals surface area contributed by atoms with E-state index in [2.05, 4.69) is 5.32 Å². The maximum absolute atomic E-state index is 12.2. The van der Waals surface area contributed by atoms with E-state index in [0.717, 1.165) is 25.9 Å². The fourth-order valence-electron chi connectivity index (χ4n) is 2.61. The van der Waals surface area contributed by atoms with E-state index in [4.69, 9.17) is 0 Å². The summed E-state index contributed by atoms with van der Waals surface area (Å²) in [4.78, 5) is 13.8. The Morgan fingerprint density at radius 2 is 2.06 bits per heavy atom. The third-order valence-corrected chi connectivity index (χ3v) is 5.50. The van der Waals surface area contributed by atoms with Crippen LogP contribution in [-0.2, 0) is 14.6 Å². The number of hydrogen-bond donors (Lipinski definition) is 1. The molecular weight excluding hydrogens is 276 g/mol. The zero-order chi connectivity index (χ0) is 12.5. The number of hydrogen-bond acceptors (Lipinski definition) is 4. The van der Waals surface area contributed by atoms with Crippen molar-refractivity contribution in [1.29, 1.82) is 0 Å². The molecule has 0 saturated carbocycles. The molecule has 0 aliphatic carbocycles. The molecule has 2 aliphatic heterocycles. The topological polar surface area (TPSA) is 66.5 Å². The van der Waals surface area contributed by atoms with Crippen molar-refractivity contribution in [3.63, 3.8) is 0 Å². The monoisotopic (exact) mass is 296 g/mol. The SMILES string of the molecule is CN(C(=O)[C@@H]1CCCNC1)C1CCS(=O)(=O)C1.Cl. The first-order valence-electron chi connectivity index (χ1n) is 6.17. The van der Waals surface area contributed by atoms with Crippen molar-refractivity contribution in [2.45, 2.75) is 25.3 Å². The average molecular weight is 297 g/mol. The Bertz CT molecular complexity index is 393. The van der Waals surface area contributed by atoms with Gasteiger partial charge in [-0.25, -0.2) is 8.42 Å². The van der Waals surface area contributed by atoms with Crippen molar-refractivity contribution in [3.8, 4) is 0 Å². The van der Waals surface area contributed by atoms with Crippen LogP contribution in [0.5, 0.6) is 0 Å². The second-order valence-corrected chi connectivity index (χ2v) is 7.28. The van der Waals surface area contributed by atoms with Crippen LogP contribution in [0.15, 0.2) is 0 Å².